The van der Waals surface area contributed by atoms with Gasteiger partial charge in [0, 0.05) is 5.92 Å². The molecule has 0 amide bonds. The monoisotopic (exact) mass is 288 g/mol. The van der Waals surface area contributed by atoms with Crippen LogP contribution in [0.4, 0.5) is 8.78 Å². The first-order valence-corrected chi connectivity index (χ1v) is 5.17. The van der Waals surface area contributed by atoms with Crippen LogP contribution in [-0.4, -0.2) is 12.6 Å². The van der Waals surface area contributed by atoms with Gasteiger partial charge in [0.1, 0.15) is 5.82 Å². The van der Waals surface area contributed by atoms with Gasteiger partial charge in [0.2, 0.25) is 0 Å². The van der Waals surface area contributed by atoms with Gasteiger partial charge in [-0.2, -0.15) is 0 Å². The van der Waals surface area contributed by atoms with Crippen LogP contribution in [0.15, 0.2) is 16.6 Å². The summed E-state index contributed by atoms with van der Waals surface area (Å²) < 4.78 is 31.1. The number of rotatable bonds is 1. The van der Waals surface area contributed by atoms with Gasteiger partial charge in [-0.25, -0.2) is 13.6 Å². The molecule has 1 aromatic rings. The Balaban J connectivity index is 3.05. The summed E-state index contributed by atoms with van der Waals surface area (Å²) in [6, 6.07) is 2.28. The van der Waals surface area contributed by atoms with Gasteiger partial charge >= 0.3 is 5.97 Å². The summed E-state index contributed by atoms with van der Waals surface area (Å²) >= 11 is 2.89. The molecular formula is C11H7BrF2O2. The molecule has 0 spiro atoms. The van der Waals surface area contributed by atoms with Crippen LogP contribution in [0.1, 0.15) is 12.5 Å². The number of carbonyl (C=O) groups is 1. The first-order chi connectivity index (χ1) is 7.56. The molecule has 16 heavy (non-hydrogen) atoms. The number of carbonyl (C=O) groups excluding carboxylic acids is 1. The zero-order valence-electron chi connectivity index (χ0n) is 8.31. The van der Waals surface area contributed by atoms with Crippen molar-refractivity contribution in [1.29, 1.82) is 0 Å². The molecule has 84 valence electrons. The average molecular weight is 289 g/mol. The molecule has 0 aliphatic heterocycles. The first kappa shape index (κ1) is 12.7. The maximum absolute atomic E-state index is 13.4. The minimum Gasteiger partial charge on any atom is -0.456 e. The lowest BCUT2D eigenvalue weighted by atomic mass is 10.2. The molecule has 0 atom stereocenters. The van der Waals surface area contributed by atoms with Crippen LogP contribution >= 0.6 is 15.9 Å². The lowest BCUT2D eigenvalue weighted by molar-refractivity contribution is -0.136. The molecule has 1 aromatic carbocycles. The molecule has 0 heterocycles. The molecule has 5 heteroatoms. The van der Waals surface area contributed by atoms with Crippen molar-refractivity contribution in [3.63, 3.8) is 0 Å². The molecule has 0 bridgehead atoms. The Morgan fingerprint density at radius 3 is 2.81 bits per heavy atom. The van der Waals surface area contributed by atoms with E-state index in [1.54, 1.807) is 6.92 Å². The number of benzene rings is 1. The van der Waals surface area contributed by atoms with Gasteiger partial charge in [-0.05, 0) is 40.9 Å². The van der Waals surface area contributed by atoms with Crippen LogP contribution in [0.25, 0.3) is 0 Å². The summed E-state index contributed by atoms with van der Waals surface area (Å²) in [5.41, 5.74) is -0.456. The Morgan fingerprint density at radius 2 is 2.19 bits per heavy atom. The third-order valence-corrected chi connectivity index (χ3v) is 2.22. The van der Waals surface area contributed by atoms with E-state index in [0.29, 0.717) is 0 Å². The number of hydrogen-bond donors (Lipinski definition) is 0. The van der Waals surface area contributed by atoms with Crippen LogP contribution in [0, 0.1) is 23.5 Å². The zero-order chi connectivity index (χ0) is 12.1. The summed E-state index contributed by atoms with van der Waals surface area (Å²) in [6.45, 7) is 1.77. The second-order valence-corrected chi connectivity index (χ2v) is 3.54. The van der Waals surface area contributed by atoms with Crippen LogP contribution < -0.4 is 0 Å². The molecule has 0 radical (unpaired) electrons. The molecular weight excluding hydrogens is 282 g/mol. The van der Waals surface area contributed by atoms with E-state index in [9.17, 15) is 13.6 Å². The largest absolute Gasteiger partial charge is 0.456 e. The number of hydrogen-bond acceptors (Lipinski definition) is 2. The lowest BCUT2D eigenvalue weighted by Crippen LogP contribution is -2.00. The van der Waals surface area contributed by atoms with Crippen molar-refractivity contribution in [2.24, 2.45) is 0 Å². The smallest absolute Gasteiger partial charge is 0.384 e. The zero-order valence-corrected chi connectivity index (χ0v) is 9.90. The SMILES string of the molecule is CCOC(=O)C#Cc1c(F)ccc(Br)c1F. The fourth-order valence-electron chi connectivity index (χ4n) is 0.922. The van der Waals surface area contributed by atoms with Crippen molar-refractivity contribution < 1.29 is 18.3 Å². The Morgan fingerprint density at radius 1 is 1.50 bits per heavy atom. The van der Waals surface area contributed by atoms with Crippen molar-refractivity contribution >= 4 is 21.9 Å². The highest BCUT2D eigenvalue weighted by Gasteiger charge is 2.10. The van der Waals surface area contributed by atoms with E-state index < -0.39 is 23.2 Å². The topological polar surface area (TPSA) is 26.3 Å². The van der Waals surface area contributed by atoms with E-state index in [-0.39, 0.29) is 11.1 Å². The van der Waals surface area contributed by atoms with Gasteiger partial charge in [0.05, 0.1) is 16.6 Å². The van der Waals surface area contributed by atoms with E-state index in [1.807, 2.05) is 5.92 Å². The molecule has 2 nitrogen and oxygen atoms in total. The van der Waals surface area contributed by atoms with E-state index >= 15 is 0 Å². The average Bonchev–Trinajstić information content (AvgIpc) is 2.24. The Labute approximate surface area is 99.7 Å². The van der Waals surface area contributed by atoms with E-state index in [2.05, 4.69) is 26.6 Å². The highest BCUT2D eigenvalue weighted by atomic mass is 79.9. The van der Waals surface area contributed by atoms with Gasteiger partial charge in [-0.15, -0.1) is 0 Å². The highest BCUT2D eigenvalue weighted by Crippen LogP contribution is 2.20. The van der Waals surface area contributed by atoms with E-state index in [1.165, 1.54) is 6.07 Å². The molecule has 0 unspecified atom stereocenters. The number of halogens is 3. The molecule has 0 aromatic heterocycles. The van der Waals surface area contributed by atoms with Crippen LogP contribution in [0.3, 0.4) is 0 Å². The second-order valence-electron chi connectivity index (χ2n) is 2.69. The summed E-state index contributed by atoms with van der Waals surface area (Å²) in [5, 5.41) is 0. The van der Waals surface area contributed by atoms with Gasteiger partial charge in [0.15, 0.2) is 5.82 Å². The normalized spacial score (nSPS) is 9.25. The molecule has 0 saturated heterocycles. The van der Waals surface area contributed by atoms with Gasteiger partial charge < -0.3 is 4.74 Å². The van der Waals surface area contributed by atoms with Gasteiger partial charge in [-0.3, -0.25) is 0 Å². The fourth-order valence-corrected chi connectivity index (χ4v) is 1.25. The molecule has 0 saturated carbocycles. The molecule has 0 aliphatic rings. The summed E-state index contributed by atoms with van der Waals surface area (Å²) in [5.74, 6) is 1.62. The fraction of sp³-hybridized carbons (Fsp3) is 0.182. The number of esters is 1. The Kier molecular flexibility index (Phi) is 4.44. The van der Waals surface area contributed by atoms with Crippen LogP contribution in [0.2, 0.25) is 0 Å². The first-order valence-electron chi connectivity index (χ1n) is 4.38. The summed E-state index contributed by atoms with van der Waals surface area (Å²) in [7, 11) is 0. The second kappa shape index (κ2) is 5.61. The van der Waals surface area contributed by atoms with Crippen molar-refractivity contribution in [2.75, 3.05) is 6.61 Å². The third-order valence-electron chi connectivity index (χ3n) is 1.61. The van der Waals surface area contributed by atoms with Gasteiger partial charge in [0.25, 0.3) is 0 Å². The van der Waals surface area contributed by atoms with Crippen molar-refractivity contribution in [2.45, 2.75) is 6.92 Å². The predicted molar refractivity (Wildman–Crippen MR) is 57.6 cm³/mol. The van der Waals surface area contributed by atoms with Crippen molar-refractivity contribution in [3.8, 4) is 11.8 Å². The predicted octanol–water partition coefficient (Wildman–Crippen LogP) is 2.64. The maximum Gasteiger partial charge on any atom is 0.384 e. The Hall–Kier alpha value is -1.41. The lowest BCUT2D eigenvalue weighted by Gasteiger charge is -1.98. The minimum atomic E-state index is -0.836. The minimum absolute atomic E-state index is 0.0852. The summed E-state index contributed by atoms with van der Waals surface area (Å²) in [4.78, 5) is 10.9. The standard InChI is InChI=1S/C11H7BrF2O2/c1-2-16-10(15)6-3-7-9(13)5-4-8(12)11(7)14/h4-5H,2H2,1H3. The quantitative estimate of drug-likeness (QED) is 0.451. The Bertz CT molecular complexity index is 475. The van der Waals surface area contributed by atoms with Crippen molar-refractivity contribution in [3.05, 3.63) is 33.8 Å². The van der Waals surface area contributed by atoms with Crippen LogP contribution in [-0.2, 0) is 9.53 Å². The molecule has 1 rings (SSSR count). The molecule has 0 aliphatic carbocycles. The van der Waals surface area contributed by atoms with Crippen molar-refractivity contribution in [1.82, 2.24) is 0 Å². The molecule has 0 fully saturated rings. The highest BCUT2D eigenvalue weighted by molar-refractivity contribution is 9.10. The number of ether oxygens (including phenoxy) is 1. The third kappa shape index (κ3) is 3.04. The maximum atomic E-state index is 13.4. The van der Waals surface area contributed by atoms with E-state index in [0.717, 1.165) is 6.07 Å². The van der Waals surface area contributed by atoms with Gasteiger partial charge in [-0.1, -0.05) is 0 Å². The summed E-state index contributed by atoms with van der Waals surface area (Å²) in [6.07, 6.45) is 0. The van der Waals surface area contributed by atoms with Crippen LogP contribution in [0.5, 0.6) is 0 Å². The van der Waals surface area contributed by atoms with E-state index in [4.69, 9.17) is 0 Å². The molecule has 0 N–H and O–H groups in total.